The highest BCUT2D eigenvalue weighted by molar-refractivity contribution is 5.85. The second kappa shape index (κ2) is 17.7. The van der Waals surface area contributed by atoms with Crippen LogP contribution in [0.2, 0.25) is 0 Å². The summed E-state index contributed by atoms with van der Waals surface area (Å²) in [4.78, 5) is 12.0. The molecule has 0 spiro atoms. The zero-order valence-corrected chi connectivity index (χ0v) is 37.7. The Morgan fingerprint density at radius 3 is 1.74 bits per heavy atom. The van der Waals surface area contributed by atoms with Gasteiger partial charge in [0.25, 0.3) is 0 Å². The van der Waals surface area contributed by atoms with Gasteiger partial charge in [0.15, 0.2) is 25.2 Å². The summed E-state index contributed by atoms with van der Waals surface area (Å²) < 4.78 is 55.2. The normalized spacial score (nSPS) is 54.5. The Hall–Kier alpha value is -1.31. The number of rotatable bonds is 9. The van der Waals surface area contributed by atoms with Gasteiger partial charge in [-0.25, -0.2) is 4.79 Å². The maximum absolute atomic E-state index is 12.6. The highest BCUT2D eigenvalue weighted by Gasteiger charge is 2.68. The van der Waals surface area contributed by atoms with Gasteiger partial charge in [-0.1, -0.05) is 13.8 Å². The summed E-state index contributed by atoms with van der Waals surface area (Å²) >= 11 is 0. The number of esters is 1. The van der Waals surface area contributed by atoms with E-state index in [9.17, 15) is 25.2 Å². The van der Waals surface area contributed by atoms with Gasteiger partial charge >= 0.3 is 5.97 Å². The summed E-state index contributed by atoms with van der Waals surface area (Å²) in [6.45, 7) is 12.5. The van der Waals surface area contributed by atoms with E-state index in [4.69, 9.17) is 48.4 Å². The van der Waals surface area contributed by atoms with E-state index in [0.717, 1.165) is 69.8 Å². The molecule has 15 nitrogen and oxygen atoms in total. The minimum absolute atomic E-state index is 0.0191. The first-order chi connectivity index (χ1) is 29.5. The van der Waals surface area contributed by atoms with Gasteiger partial charge in [0, 0.05) is 36.8 Å². The molecule has 0 amide bonds. The molecule has 6 N–H and O–H groups in total. The van der Waals surface area contributed by atoms with Gasteiger partial charge in [-0.05, 0) is 133 Å². The minimum Gasteiger partial charge on any atom is -0.458 e. The lowest BCUT2D eigenvalue weighted by Crippen LogP contribution is -2.62. The minimum atomic E-state index is -0.942. The van der Waals surface area contributed by atoms with E-state index < -0.39 is 85.7 Å². The van der Waals surface area contributed by atoms with E-state index >= 15 is 0 Å². The number of nitrogens with two attached hydrogens (primary N) is 1. The molecule has 0 aromatic carbocycles. The fraction of sp³-hybridized carbons (Fsp3) is 0.936. The summed E-state index contributed by atoms with van der Waals surface area (Å²) in [5.74, 6) is 1.12. The number of cyclic esters (lactones) is 1. The lowest BCUT2D eigenvalue weighted by Gasteiger charge is -2.64. The van der Waals surface area contributed by atoms with Crippen molar-refractivity contribution in [2.24, 2.45) is 40.2 Å². The second-order valence-electron chi connectivity index (χ2n) is 21.4. The molecule has 62 heavy (non-hydrogen) atoms. The Morgan fingerprint density at radius 2 is 1.19 bits per heavy atom. The zero-order chi connectivity index (χ0) is 43.9. The third-order valence-electron chi connectivity index (χ3n) is 17.8. The molecule has 5 heterocycles. The Bertz CT molecular complexity index is 1600. The highest BCUT2D eigenvalue weighted by Crippen LogP contribution is 2.70. The first-order valence-corrected chi connectivity index (χ1v) is 24.1. The van der Waals surface area contributed by atoms with Gasteiger partial charge in [-0.2, -0.15) is 0 Å². The first kappa shape index (κ1) is 45.8. The molecule has 8 fully saturated rings. The Kier molecular flexibility index (Phi) is 13.1. The molecule has 0 radical (unpaired) electrons. The van der Waals surface area contributed by atoms with Crippen molar-refractivity contribution >= 4 is 5.97 Å². The van der Waals surface area contributed by atoms with Gasteiger partial charge in [-0.3, -0.25) is 0 Å². The highest BCUT2D eigenvalue weighted by atomic mass is 16.7. The van der Waals surface area contributed by atoms with E-state index in [1.165, 1.54) is 0 Å². The van der Waals surface area contributed by atoms with Crippen molar-refractivity contribution in [1.82, 2.24) is 0 Å². The van der Waals surface area contributed by atoms with Crippen LogP contribution in [0.3, 0.4) is 0 Å². The Morgan fingerprint density at radius 1 is 0.629 bits per heavy atom. The predicted molar refractivity (Wildman–Crippen MR) is 222 cm³/mol. The van der Waals surface area contributed by atoms with Crippen LogP contribution in [0.1, 0.15) is 131 Å². The topological polar surface area (TPSA) is 207 Å². The predicted octanol–water partition coefficient (Wildman–Crippen LogP) is 4.12. The smallest absolute Gasteiger partial charge is 0.331 e. The van der Waals surface area contributed by atoms with Crippen molar-refractivity contribution < 1.29 is 67.9 Å². The van der Waals surface area contributed by atoms with E-state index in [0.29, 0.717) is 24.9 Å². The molecule has 5 aliphatic heterocycles. The number of carbonyl (C=O) groups is 1. The fourth-order valence-corrected chi connectivity index (χ4v) is 14.2. The van der Waals surface area contributed by atoms with Crippen LogP contribution in [0, 0.1) is 34.5 Å². The van der Waals surface area contributed by atoms with Crippen LogP contribution in [0.25, 0.3) is 0 Å². The number of hydrogen-bond acceptors (Lipinski definition) is 15. The van der Waals surface area contributed by atoms with Crippen LogP contribution in [0.5, 0.6) is 0 Å². The molecule has 0 aromatic rings. The van der Waals surface area contributed by atoms with Crippen molar-refractivity contribution in [1.29, 1.82) is 0 Å². The lowest BCUT2D eigenvalue weighted by molar-refractivity contribution is -0.342. The fourth-order valence-electron chi connectivity index (χ4n) is 14.2. The molecule has 9 rings (SSSR count). The van der Waals surface area contributed by atoms with Crippen LogP contribution >= 0.6 is 0 Å². The number of aliphatic hydroxyl groups is 4. The molecule has 352 valence electrons. The van der Waals surface area contributed by atoms with Gasteiger partial charge in [0.2, 0.25) is 0 Å². The largest absolute Gasteiger partial charge is 0.458 e. The maximum atomic E-state index is 12.6. The molecule has 0 bridgehead atoms. The van der Waals surface area contributed by atoms with Crippen LogP contribution < -0.4 is 5.73 Å². The number of fused-ring (bicyclic) bond motifs is 5. The maximum Gasteiger partial charge on any atom is 0.331 e. The van der Waals surface area contributed by atoms with Gasteiger partial charge < -0.3 is 68.8 Å². The van der Waals surface area contributed by atoms with Crippen LogP contribution in [-0.4, -0.2) is 137 Å². The molecule has 15 heteroatoms. The van der Waals surface area contributed by atoms with Crippen molar-refractivity contribution in [2.75, 3.05) is 6.61 Å². The van der Waals surface area contributed by atoms with E-state index in [1.807, 2.05) is 20.8 Å². The van der Waals surface area contributed by atoms with Crippen molar-refractivity contribution in [3.63, 3.8) is 0 Å². The summed E-state index contributed by atoms with van der Waals surface area (Å²) in [5, 5.41) is 46.3. The summed E-state index contributed by atoms with van der Waals surface area (Å²) in [7, 11) is 0. The Labute approximate surface area is 366 Å². The average molecular weight is 878 g/mol. The summed E-state index contributed by atoms with van der Waals surface area (Å²) in [6.07, 6.45) is 3.39. The lowest BCUT2D eigenvalue weighted by atomic mass is 9.43. The van der Waals surface area contributed by atoms with Crippen LogP contribution in [-0.2, 0) is 47.4 Å². The molecular weight excluding hydrogens is 803 g/mol. The van der Waals surface area contributed by atoms with Crippen molar-refractivity contribution in [3.8, 4) is 0 Å². The molecule has 4 aliphatic carbocycles. The third-order valence-corrected chi connectivity index (χ3v) is 17.8. The number of carbonyl (C=O) groups excluding carboxylic acids is 1. The third kappa shape index (κ3) is 8.38. The average Bonchev–Trinajstić information content (AvgIpc) is 3.76. The monoisotopic (exact) mass is 878 g/mol. The SMILES string of the molecule is CC1O[C@@H](OC2C(C)O[C@@H](O[C@H]3CCC4(C)C5CCC6(C)[C@@H](C7=CC(=O)OC7)CC[C@]6(O)[C@@H]5CC[C@@H]4C3)C[C@H]2O)C[C@@H](O)C1O[C@H]1C[C@@H](O)C(O[C@H]2CC[C@@H](N)C(C)O2)C(C)O1. The van der Waals surface area contributed by atoms with Crippen molar-refractivity contribution in [2.45, 2.75) is 235 Å². The molecule has 4 saturated heterocycles. The molecule has 23 atom stereocenters. The second-order valence-corrected chi connectivity index (χ2v) is 21.4. The van der Waals surface area contributed by atoms with Crippen LogP contribution in [0.4, 0.5) is 0 Å². The molecule has 4 saturated carbocycles. The van der Waals surface area contributed by atoms with Crippen molar-refractivity contribution in [3.05, 3.63) is 11.6 Å². The molecule has 0 aromatic heterocycles. The molecule has 9 aliphatic rings. The standard InChI is InChI=1S/C47H75NO14/c1-23-33(48)9-10-38(55-23)60-42-24(2)57-40(20-35(42)50)62-44-26(4)58-41(21-36(44)51)61-43-25(3)56-39(19-34(43)49)59-29-11-14-45(5)28(18-29)7-8-32-31(45)12-15-46(6)30(13-16-47(32,46)53)27-17-37(52)54-22-27/h17,23-26,28-36,38-44,49-51,53H,7-16,18-22,48H2,1-6H3/t23?,24?,25?,26?,28-,29+,30-,31?,32-,33-,34-,35-,36-,38+,39+,40+,41+,42?,43?,44?,45?,46?,47+/m1/s1. The van der Waals surface area contributed by atoms with Gasteiger partial charge in [-0.15, -0.1) is 0 Å². The number of ether oxygens (including phenoxy) is 9. The quantitative estimate of drug-likeness (QED) is 0.163. The molecular formula is C47H75NO14. The van der Waals surface area contributed by atoms with Gasteiger partial charge in [0.1, 0.15) is 24.9 Å². The number of aliphatic hydroxyl groups excluding tert-OH is 3. The molecule has 10 unspecified atom stereocenters. The summed E-state index contributed by atoms with van der Waals surface area (Å²) in [6, 6.07) is -0.0393. The first-order valence-electron chi connectivity index (χ1n) is 24.1. The Balaban J connectivity index is 0.731. The van der Waals surface area contributed by atoms with E-state index in [1.54, 1.807) is 13.0 Å². The van der Waals surface area contributed by atoms with Gasteiger partial charge in [0.05, 0.1) is 54.4 Å². The van der Waals surface area contributed by atoms with E-state index in [2.05, 4.69) is 13.8 Å². The van der Waals surface area contributed by atoms with Crippen LogP contribution in [0.15, 0.2) is 11.6 Å². The van der Waals surface area contributed by atoms with E-state index in [-0.39, 0.29) is 66.1 Å². The number of hydrogen-bond donors (Lipinski definition) is 5. The summed E-state index contributed by atoms with van der Waals surface area (Å²) in [5.41, 5.74) is 6.28. The zero-order valence-electron chi connectivity index (χ0n) is 37.7.